The second-order valence-corrected chi connectivity index (χ2v) is 6.70. The molecule has 0 unspecified atom stereocenters. The van der Waals surface area contributed by atoms with Crippen molar-refractivity contribution in [1.29, 1.82) is 0 Å². The number of amides is 2. The summed E-state index contributed by atoms with van der Waals surface area (Å²) in [6, 6.07) is 9.28. The molecule has 0 aliphatic carbocycles. The summed E-state index contributed by atoms with van der Waals surface area (Å²) in [5, 5.41) is 0. The second kappa shape index (κ2) is 7.15. The van der Waals surface area contributed by atoms with Crippen LogP contribution >= 0.6 is 11.8 Å². The fourth-order valence-electron chi connectivity index (χ4n) is 2.78. The van der Waals surface area contributed by atoms with E-state index in [9.17, 15) is 9.59 Å². The molecule has 22 heavy (non-hydrogen) atoms. The third-order valence-electron chi connectivity index (χ3n) is 4.00. The molecule has 2 heterocycles. The Hall–Kier alpha value is -1.53. The molecular weight excluding hydrogens is 300 g/mol. The molecule has 6 heteroatoms. The monoisotopic (exact) mass is 320 g/mol. The summed E-state index contributed by atoms with van der Waals surface area (Å²) in [6.45, 7) is 2.33. The number of rotatable bonds is 3. The molecule has 5 nitrogen and oxygen atoms in total. The van der Waals surface area contributed by atoms with Gasteiger partial charge in [-0.25, -0.2) is 0 Å². The zero-order chi connectivity index (χ0) is 15.4. The Kier molecular flexibility index (Phi) is 5.00. The zero-order valence-electron chi connectivity index (χ0n) is 12.4. The lowest BCUT2D eigenvalue weighted by Gasteiger charge is -2.38. The van der Waals surface area contributed by atoms with E-state index in [-0.39, 0.29) is 18.4 Å². The topological polar surface area (TPSA) is 49.9 Å². The van der Waals surface area contributed by atoms with Crippen molar-refractivity contribution in [3.8, 4) is 0 Å². The fourth-order valence-corrected chi connectivity index (χ4v) is 3.69. The average molecular weight is 320 g/mol. The van der Waals surface area contributed by atoms with E-state index in [0.29, 0.717) is 13.2 Å². The molecule has 2 aliphatic rings. The van der Waals surface area contributed by atoms with Crippen LogP contribution in [-0.2, 0) is 20.9 Å². The van der Waals surface area contributed by atoms with Crippen molar-refractivity contribution >= 4 is 23.6 Å². The van der Waals surface area contributed by atoms with Gasteiger partial charge < -0.3 is 14.5 Å². The molecule has 0 N–H and O–H groups in total. The number of benzene rings is 1. The van der Waals surface area contributed by atoms with Gasteiger partial charge in [0.1, 0.15) is 12.6 Å². The predicted octanol–water partition coefficient (Wildman–Crippen LogP) is 0.989. The van der Waals surface area contributed by atoms with E-state index in [4.69, 9.17) is 4.74 Å². The highest BCUT2D eigenvalue weighted by atomic mass is 32.2. The van der Waals surface area contributed by atoms with E-state index in [1.165, 1.54) is 0 Å². The first kappa shape index (κ1) is 15.4. The molecule has 2 saturated heterocycles. The van der Waals surface area contributed by atoms with Crippen molar-refractivity contribution in [2.45, 2.75) is 12.6 Å². The lowest BCUT2D eigenvalue weighted by Crippen LogP contribution is -2.57. The van der Waals surface area contributed by atoms with Crippen LogP contribution in [0.2, 0.25) is 0 Å². The molecule has 1 aromatic rings. The molecule has 1 aromatic carbocycles. The van der Waals surface area contributed by atoms with Gasteiger partial charge in [0.2, 0.25) is 11.8 Å². The van der Waals surface area contributed by atoms with Crippen molar-refractivity contribution in [2.24, 2.45) is 0 Å². The van der Waals surface area contributed by atoms with Crippen LogP contribution < -0.4 is 0 Å². The molecule has 2 amide bonds. The normalized spacial score (nSPS) is 22.7. The Morgan fingerprint density at radius 1 is 1.23 bits per heavy atom. The first-order chi connectivity index (χ1) is 10.8. The van der Waals surface area contributed by atoms with E-state index in [0.717, 1.165) is 30.2 Å². The maximum absolute atomic E-state index is 12.7. The van der Waals surface area contributed by atoms with E-state index in [2.05, 4.69) is 0 Å². The minimum atomic E-state index is -0.496. The van der Waals surface area contributed by atoms with Crippen LogP contribution in [0.1, 0.15) is 5.56 Å². The van der Waals surface area contributed by atoms with Crippen molar-refractivity contribution in [1.82, 2.24) is 9.80 Å². The number of nitrogens with zero attached hydrogens (tertiary/aromatic N) is 2. The maximum Gasteiger partial charge on any atom is 0.249 e. The minimum absolute atomic E-state index is 0.0179. The first-order valence-corrected chi connectivity index (χ1v) is 8.69. The van der Waals surface area contributed by atoms with Crippen LogP contribution in [0, 0.1) is 0 Å². The maximum atomic E-state index is 12.7. The molecule has 0 radical (unpaired) electrons. The van der Waals surface area contributed by atoms with Gasteiger partial charge in [-0.05, 0) is 5.56 Å². The summed E-state index contributed by atoms with van der Waals surface area (Å²) in [7, 11) is 0. The fraction of sp³-hybridized carbons (Fsp3) is 0.500. The van der Waals surface area contributed by atoms with Gasteiger partial charge in [0, 0.05) is 31.1 Å². The summed E-state index contributed by atoms with van der Waals surface area (Å²) >= 11 is 1.86. The highest BCUT2D eigenvalue weighted by molar-refractivity contribution is 7.99. The third-order valence-corrected chi connectivity index (χ3v) is 4.94. The molecule has 0 aromatic heterocycles. The van der Waals surface area contributed by atoms with Crippen molar-refractivity contribution in [2.75, 3.05) is 37.8 Å². The highest BCUT2D eigenvalue weighted by Gasteiger charge is 2.36. The first-order valence-electron chi connectivity index (χ1n) is 7.53. The lowest BCUT2D eigenvalue weighted by atomic mass is 10.1. The molecular formula is C16H20N2O3S. The van der Waals surface area contributed by atoms with Crippen molar-refractivity contribution in [3.05, 3.63) is 35.9 Å². The quantitative estimate of drug-likeness (QED) is 0.833. The van der Waals surface area contributed by atoms with Crippen LogP contribution in [0.4, 0.5) is 0 Å². The smallest absolute Gasteiger partial charge is 0.249 e. The second-order valence-electron chi connectivity index (χ2n) is 5.48. The average Bonchev–Trinajstić information content (AvgIpc) is 2.58. The Labute approximate surface area is 134 Å². The van der Waals surface area contributed by atoms with Crippen molar-refractivity contribution < 1.29 is 14.3 Å². The molecule has 0 saturated carbocycles. The largest absolute Gasteiger partial charge is 0.369 e. The highest BCUT2D eigenvalue weighted by Crippen LogP contribution is 2.18. The Morgan fingerprint density at radius 2 is 1.95 bits per heavy atom. The van der Waals surface area contributed by atoms with Gasteiger partial charge in [-0.3, -0.25) is 9.59 Å². The van der Waals surface area contributed by atoms with Crippen LogP contribution in [0.3, 0.4) is 0 Å². The number of carbonyl (C=O) groups excluding carboxylic acids is 2. The number of morpholine rings is 1. The summed E-state index contributed by atoms with van der Waals surface area (Å²) in [4.78, 5) is 28.5. The van der Waals surface area contributed by atoms with Gasteiger partial charge >= 0.3 is 0 Å². The number of thioether (sulfide) groups is 1. The standard InChI is InChI=1S/C16H20N2O3S/c19-15-12-21-11-14(16(20)17-6-8-22-9-7-17)18(15)10-13-4-2-1-3-5-13/h1-5,14H,6-12H2/t14-/m1/s1. The van der Waals surface area contributed by atoms with Crippen molar-refractivity contribution in [3.63, 3.8) is 0 Å². The van der Waals surface area contributed by atoms with E-state index in [1.54, 1.807) is 4.90 Å². The molecule has 1 atom stereocenters. The zero-order valence-corrected chi connectivity index (χ0v) is 13.3. The summed E-state index contributed by atoms with van der Waals surface area (Å²) in [6.07, 6.45) is 0. The SMILES string of the molecule is O=C([C@H]1COCC(=O)N1Cc1ccccc1)N1CCSCC1. The number of hydrogen-bond acceptors (Lipinski definition) is 4. The summed E-state index contributed by atoms with van der Waals surface area (Å²) in [5.74, 6) is 1.84. The van der Waals surface area contributed by atoms with Gasteiger partial charge in [0.05, 0.1) is 6.61 Å². The summed E-state index contributed by atoms with van der Waals surface area (Å²) in [5.41, 5.74) is 1.03. The number of carbonyl (C=O) groups is 2. The third kappa shape index (κ3) is 3.44. The Bertz CT molecular complexity index is 531. The Balaban J connectivity index is 1.74. The molecule has 2 fully saturated rings. The van der Waals surface area contributed by atoms with E-state index in [1.807, 2.05) is 47.0 Å². The molecule has 0 spiro atoms. The number of ether oxygens (including phenoxy) is 1. The van der Waals surface area contributed by atoms with Gasteiger partial charge in [0.25, 0.3) is 0 Å². The van der Waals surface area contributed by atoms with Crippen LogP contribution in [0.15, 0.2) is 30.3 Å². The van der Waals surface area contributed by atoms with Crippen LogP contribution in [0.25, 0.3) is 0 Å². The molecule has 0 bridgehead atoms. The van der Waals surface area contributed by atoms with Gasteiger partial charge in [-0.2, -0.15) is 11.8 Å². The lowest BCUT2D eigenvalue weighted by molar-refractivity contribution is -0.159. The predicted molar refractivity (Wildman–Crippen MR) is 85.5 cm³/mol. The minimum Gasteiger partial charge on any atom is -0.369 e. The van der Waals surface area contributed by atoms with Crippen LogP contribution in [0.5, 0.6) is 0 Å². The van der Waals surface area contributed by atoms with Gasteiger partial charge in [-0.15, -0.1) is 0 Å². The van der Waals surface area contributed by atoms with Gasteiger partial charge in [0.15, 0.2) is 0 Å². The molecule has 3 rings (SSSR count). The van der Waals surface area contributed by atoms with E-state index >= 15 is 0 Å². The molecule has 118 valence electrons. The number of hydrogen-bond donors (Lipinski definition) is 0. The van der Waals surface area contributed by atoms with Gasteiger partial charge in [-0.1, -0.05) is 30.3 Å². The Morgan fingerprint density at radius 3 is 2.68 bits per heavy atom. The molecule has 2 aliphatic heterocycles. The van der Waals surface area contributed by atoms with Crippen LogP contribution in [-0.4, -0.2) is 65.5 Å². The van der Waals surface area contributed by atoms with E-state index < -0.39 is 6.04 Å². The summed E-state index contributed by atoms with van der Waals surface area (Å²) < 4.78 is 5.33.